The van der Waals surface area contributed by atoms with Gasteiger partial charge in [0.2, 0.25) is 10.0 Å². The molecule has 90 valence electrons. The Labute approximate surface area is 90.3 Å². The Kier molecular flexibility index (Phi) is 4.07. The van der Waals surface area contributed by atoms with Crippen molar-refractivity contribution >= 4 is 10.0 Å². The summed E-state index contributed by atoms with van der Waals surface area (Å²) in [6, 6.07) is -0.0728. The molecule has 15 heavy (non-hydrogen) atoms. The van der Waals surface area contributed by atoms with E-state index in [9.17, 15) is 13.5 Å². The van der Waals surface area contributed by atoms with Crippen LogP contribution >= 0.6 is 0 Å². The van der Waals surface area contributed by atoms with E-state index in [0.29, 0.717) is 6.61 Å². The number of sulfonamides is 1. The van der Waals surface area contributed by atoms with E-state index in [1.807, 2.05) is 19.0 Å². The van der Waals surface area contributed by atoms with Crippen LogP contribution in [-0.2, 0) is 14.8 Å². The molecule has 3 atom stereocenters. The number of likely N-dealkylation sites (N-methyl/N-ethyl adjacent to an activating group) is 1. The van der Waals surface area contributed by atoms with Crippen LogP contribution in [-0.4, -0.2) is 70.2 Å². The van der Waals surface area contributed by atoms with E-state index in [1.165, 1.54) is 0 Å². The van der Waals surface area contributed by atoms with Gasteiger partial charge < -0.3 is 14.7 Å². The highest BCUT2D eigenvalue weighted by molar-refractivity contribution is 7.88. The lowest BCUT2D eigenvalue weighted by molar-refractivity contribution is 0.0401. The molecule has 1 fully saturated rings. The molecule has 6 nitrogen and oxygen atoms in total. The lowest BCUT2D eigenvalue weighted by Crippen LogP contribution is -2.44. The smallest absolute Gasteiger partial charge is 0.208 e. The molecular weight excluding hydrogens is 220 g/mol. The largest absolute Gasteiger partial charge is 0.389 e. The standard InChI is InChI=1S/C8H18N2O4S/c1-10(2)6-5-14-7(8(6)11)4-9-15(3,12)13/h6-9,11H,4-5H2,1-3H3. The van der Waals surface area contributed by atoms with Gasteiger partial charge >= 0.3 is 0 Å². The van der Waals surface area contributed by atoms with Crippen molar-refractivity contribution < 1.29 is 18.3 Å². The highest BCUT2D eigenvalue weighted by Crippen LogP contribution is 2.17. The molecule has 0 aromatic rings. The van der Waals surface area contributed by atoms with E-state index in [0.717, 1.165) is 6.26 Å². The number of rotatable bonds is 4. The molecule has 7 heteroatoms. The lowest BCUT2D eigenvalue weighted by atomic mass is 10.1. The minimum atomic E-state index is -3.23. The lowest BCUT2D eigenvalue weighted by Gasteiger charge is -2.22. The van der Waals surface area contributed by atoms with E-state index in [1.54, 1.807) is 0 Å². The fourth-order valence-electron chi connectivity index (χ4n) is 1.53. The van der Waals surface area contributed by atoms with E-state index < -0.39 is 22.2 Å². The molecule has 0 bridgehead atoms. The Morgan fingerprint density at radius 3 is 2.53 bits per heavy atom. The molecule has 0 aromatic heterocycles. The predicted octanol–water partition coefficient (Wildman–Crippen LogP) is -1.77. The van der Waals surface area contributed by atoms with Crippen molar-refractivity contribution in [1.82, 2.24) is 9.62 Å². The second-order valence-corrected chi connectivity index (χ2v) is 5.85. The third kappa shape index (κ3) is 3.69. The average molecular weight is 238 g/mol. The fourth-order valence-corrected chi connectivity index (χ4v) is 2.00. The third-order valence-electron chi connectivity index (χ3n) is 2.47. The summed E-state index contributed by atoms with van der Waals surface area (Å²) < 4.78 is 29.3. The molecule has 0 spiro atoms. The normalized spacial score (nSPS) is 32.5. The molecule has 0 aliphatic carbocycles. The second-order valence-electron chi connectivity index (χ2n) is 4.01. The van der Waals surface area contributed by atoms with E-state index in [2.05, 4.69) is 4.72 Å². The molecule has 0 saturated carbocycles. The summed E-state index contributed by atoms with van der Waals surface area (Å²) in [6.45, 7) is 0.536. The maximum atomic E-state index is 10.9. The van der Waals surface area contributed by atoms with Gasteiger partial charge in [0, 0.05) is 6.54 Å². The Bertz CT molecular complexity index is 304. The first-order chi connectivity index (χ1) is 6.81. The highest BCUT2D eigenvalue weighted by Gasteiger charge is 2.37. The monoisotopic (exact) mass is 238 g/mol. The molecule has 1 saturated heterocycles. The third-order valence-corrected chi connectivity index (χ3v) is 3.16. The molecular formula is C8H18N2O4S. The second kappa shape index (κ2) is 4.75. The van der Waals surface area contributed by atoms with Crippen LogP contribution in [0.2, 0.25) is 0 Å². The maximum absolute atomic E-state index is 10.9. The Balaban J connectivity index is 2.46. The van der Waals surface area contributed by atoms with Crippen molar-refractivity contribution in [3.05, 3.63) is 0 Å². The molecule has 1 rings (SSSR count). The zero-order chi connectivity index (χ0) is 11.6. The van der Waals surface area contributed by atoms with Gasteiger partial charge in [-0.1, -0.05) is 0 Å². The number of hydrogen-bond donors (Lipinski definition) is 2. The van der Waals surface area contributed by atoms with E-state index in [4.69, 9.17) is 4.74 Å². The van der Waals surface area contributed by atoms with Gasteiger partial charge in [-0.25, -0.2) is 13.1 Å². The minimum Gasteiger partial charge on any atom is -0.389 e. The number of ether oxygens (including phenoxy) is 1. The molecule has 1 aliphatic heterocycles. The van der Waals surface area contributed by atoms with Gasteiger partial charge in [-0.3, -0.25) is 0 Å². The van der Waals surface area contributed by atoms with E-state index in [-0.39, 0.29) is 12.6 Å². The number of nitrogens with zero attached hydrogens (tertiary/aromatic N) is 1. The van der Waals surface area contributed by atoms with Crippen molar-refractivity contribution in [3.8, 4) is 0 Å². The number of hydrogen-bond acceptors (Lipinski definition) is 5. The van der Waals surface area contributed by atoms with Gasteiger partial charge in [0.15, 0.2) is 0 Å². The summed E-state index contributed by atoms with van der Waals surface area (Å²) in [5.41, 5.74) is 0. The van der Waals surface area contributed by atoms with Crippen molar-refractivity contribution in [2.45, 2.75) is 18.2 Å². The minimum absolute atomic E-state index is 0.0728. The van der Waals surface area contributed by atoms with Gasteiger partial charge in [-0.15, -0.1) is 0 Å². The quantitative estimate of drug-likeness (QED) is 0.606. The van der Waals surface area contributed by atoms with E-state index >= 15 is 0 Å². The van der Waals surface area contributed by atoms with Gasteiger partial charge in [0.1, 0.15) is 0 Å². The van der Waals surface area contributed by atoms with Crippen LogP contribution in [0.1, 0.15) is 0 Å². The van der Waals surface area contributed by atoms with Crippen molar-refractivity contribution in [3.63, 3.8) is 0 Å². The van der Waals surface area contributed by atoms with Crippen molar-refractivity contribution in [1.29, 1.82) is 0 Å². The highest BCUT2D eigenvalue weighted by atomic mass is 32.2. The van der Waals surface area contributed by atoms with Crippen molar-refractivity contribution in [2.75, 3.05) is 33.5 Å². The molecule has 1 heterocycles. The first-order valence-corrected chi connectivity index (χ1v) is 6.61. The molecule has 3 unspecified atom stereocenters. The Hall–Kier alpha value is -0.210. The van der Waals surface area contributed by atoms with Crippen molar-refractivity contribution in [2.24, 2.45) is 0 Å². The Morgan fingerprint density at radius 1 is 1.53 bits per heavy atom. The fraction of sp³-hybridized carbons (Fsp3) is 1.00. The topological polar surface area (TPSA) is 78.9 Å². The summed E-state index contributed by atoms with van der Waals surface area (Å²) in [4.78, 5) is 1.87. The summed E-state index contributed by atoms with van der Waals surface area (Å²) in [7, 11) is 0.474. The Morgan fingerprint density at radius 2 is 2.13 bits per heavy atom. The zero-order valence-electron chi connectivity index (χ0n) is 9.17. The average Bonchev–Trinajstić information content (AvgIpc) is 2.42. The molecule has 1 aliphatic rings. The van der Waals surface area contributed by atoms with Crippen LogP contribution in [0.25, 0.3) is 0 Å². The summed E-state index contributed by atoms with van der Waals surface area (Å²) in [5, 5.41) is 9.81. The summed E-state index contributed by atoms with van der Waals surface area (Å²) >= 11 is 0. The molecule has 0 amide bonds. The molecule has 2 N–H and O–H groups in total. The maximum Gasteiger partial charge on any atom is 0.208 e. The van der Waals surface area contributed by atoms with Crippen LogP contribution < -0.4 is 4.72 Å². The number of aliphatic hydroxyl groups is 1. The van der Waals surface area contributed by atoms with Gasteiger partial charge in [-0.05, 0) is 14.1 Å². The van der Waals surface area contributed by atoms with Crippen LogP contribution in [0.4, 0.5) is 0 Å². The van der Waals surface area contributed by atoms with Crippen LogP contribution in [0.15, 0.2) is 0 Å². The number of aliphatic hydroxyl groups excluding tert-OH is 1. The number of nitrogens with one attached hydrogen (secondary N) is 1. The summed E-state index contributed by atoms with van der Waals surface area (Å²) in [5.74, 6) is 0. The van der Waals surface area contributed by atoms with Crippen LogP contribution in [0, 0.1) is 0 Å². The molecule has 0 radical (unpaired) electrons. The summed E-state index contributed by atoms with van der Waals surface area (Å²) in [6.07, 6.45) is -0.0426. The van der Waals surface area contributed by atoms with Crippen LogP contribution in [0.3, 0.4) is 0 Å². The first kappa shape index (κ1) is 12.9. The van der Waals surface area contributed by atoms with Gasteiger partial charge in [0.25, 0.3) is 0 Å². The SMILES string of the molecule is CN(C)C1COC(CNS(C)(=O)=O)C1O. The first-order valence-electron chi connectivity index (χ1n) is 4.72. The van der Waals surface area contributed by atoms with Gasteiger partial charge in [-0.2, -0.15) is 0 Å². The van der Waals surface area contributed by atoms with Gasteiger partial charge in [0.05, 0.1) is 31.1 Å². The molecule has 0 aromatic carbocycles. The van der Waals surface area contributed by atoms with Crippen LogP contribution in [0.5, 0.6) is 0 Å². The predicted molar refractivity (Wildman–Crippen MR) is 56.1 cm³/mol. The zero-order valence-corrected chi connectivity index (χ0v) is 9.99.